The van der Waals surface area contributed by atoms with Crippen LogP contribution in [0, 0.1) is 0 Å². The van der Waals surface area contributed by atoms with Crippen molar-refractivity contribution in [3.63, 3.8) is 0 Å². The Kier molecular flexibility index (Phi) is 6.74. The van der Waals surface area contributed by atoms with Crippen molar-refractivity contribution in [1.29, 1.82) is 0 Å². The van der Waals surface area contributed by atoms with E-state index in [1.54, 1.807) is 0 Å². The molecule has 2 aromatic rings. The first-order chi connectivity index (χ1) is 12.3. The Bertz CT molecular complexity index is 681. The van der Waals surface area contributed by atoms with E-state index < -0.39 is 0 Å². The minimum absolute atomic E-state index is 0.661. The number of pyridine rings is 1. The minimum atomic E-state index is 0.661. The van der Waals surface area contributed by atoms with Gasteiger partial charge in [0.2, 0.25) is 0 Å². The Morgan fingerprint density at radius 3 is 2.96 bits per heavy atom. The minimum Gasteiger partial charge on any atom is -0.357 e. The van der Waals surface area contributed by atoms with Crippen LogP contribution in [0.2, 0.25) is 0 Å². The average molecular weight is 355 g/mol. The fourth-order valence-corrected chi connectivity index (χ4v) is 4.09. The molecule has 0 saturated carbocycles. The van der Waals surface area contributed by atoms with Crippen LogP contribution in [-0.4, -0.2) is 35.0 Å². The van der Waals surface area contributed by atoms with E-state index in [1.165, 1.54) is 24.2 Å². The molecule has 1 aliphatic rings. The molecule has 1 aromatic heterocycles. The number of nitrogens with one attached hydrogen (secondary N) is 2. The lowest BCUT2D eigenvalue weighted by molar-refractivity contribution is 0.727. The van der Waals surface area contributed by atoms with Crippen LogP contribution in [0.1, 0.15) is 25.3 Å². The molecule has 1 aromatic carbocycles. The topological polar surface area (TPSA) is 49.3 Å². The fraction of sp³-hybridized carbons (Fsp3) is 0.400. The van der Waals surface area contributed by atoms with Crippen molar-refractivity contribution in [2.24, 2.45) is 4.99 Å². The van der Waals surface area contributed by atoms with Crippen LogP contribution in [0.25, 0.3) is 11.3 Å². The van der Waals surface area contributed by atoms with Gasteiger partial charge in [-0.3, -0.25) is 4.98 Å². The van der Waals surface area contributed by atoms with Crippen molar-refractivity contribution in [3.05, 3.63) is 54.2 Å². The maximum atomic E-state index is 4.74. The van der Waals surface area contributed by atoms with Crippen LogP contribution in [0.3, 0.4) is 0 Å². The first-order valence-electron chi connectivity index (χ1n) is 8.99. The molecule has 0 spiro atoms. The Balaban J connectivity index is 1.63. The number of aliphatic imine (C=N–C) groups is 1. The summed E-state index contributed by atoms with van der Waals surface area (Å²) < 4.78 is 0. The van der Waals surface area contributed by atoms with Gasteiger partial charge in [-0.1, -0.05) is 24.3 Å². The van der Waals surface area contributed by atoms with Crippen LogP contribution in [0.15, 0.2) is 53.7 Å². The monoisotopic (exact) mass is 354 g/mol. The quantitative estimate of drug-likeness (QED) is 0.613. The second-order valence-electron chi connectivity index (χ2n) is 6.13. The summed E-state index contributed by atoms with van der Waals surface area (Å²) in [5, 5.41) is 7.54. The second-order valence-corrected chi connectivity index (χ2v) is 7.53. The van der Waals surface area contributed by atoms with Gasteiger partial charge in [-0.15, -0.1) is 0 Å². The summed E-state index contributed by atoms with van der Waals surface area (Å²) in [6, 6.07) is 14.4. The fourth-order valence-electron chi connectivity index (χ4n) is 2.89. The van der Waals surface area contributed by atoms with Gasteiger partial charge in [-0.05, 0) is 49.3 Å². The Morgan fingerprint density at radius 2 is 2.20 bits per heavy atom. The highest BCUT2D eigenvalue weighted by Gasteiger charge is 2.15. The number of hydrogen-bond acceptors (Lipinski definition) is 3. The van der Waals surface area contributed by atoms with Crippen LogP contribution >= 0.6 is 11.8 Å². The van der Waals surface area contributed by atoms with Gasteiger partial charge in [-0.2, -0.15) is 11.8 Å². The van der Waals surface area contributed by atoms with Crippen molar-refractivity contribution in [2.75, 3.05) is 18.8 Å². The molecule has 1 unspecified atom stereocenters. The summed E-state index contributed by atoms with van der Waals surface area (Å²) in [4.78, 5) is 9.17. The zero-order valence-electron chi connectivity index (χ0n) is 14.7. The molecule has 0 amide bonds. The number of guanidine groups is 1. The van der Waals surface area contributed by atoms with Crippen molar-refractivity contribution in [3.8, 4) is 11.3 Å². The number of nitrogens with zero attached hydrogens (tertiary/aromatic N) is 2. The van der Waals surface area contributed by atoms with Crippen LogP contribution < -0.4 is 10.6 Å². The molecule has 0 aliphatic carbocycles. The van der Waals surface area contributed by atoms with E-state index in [0.717, 1.165) is 35.6 Å². The molecule has 0 radical (unpaired) electrons. The number of hydrogen-bond donors (Lipinski definition) is 2. The standard InChI is InChI=1S/C20H26N4S/c1-2-21-20(24-15-18-9-6-12-25-18)23-14-16-7-5-8-17(13-16)19-10-3-4-11-22-19/h3-5,7-8,10-11,13,18H,2,6,9,12,14-15H2,1H3,(H2,21,23,24). The first-order valence-corrected chi connectivity index (χ1v) is 10.0. The molecule has 1 fully saturated rings. The Labute approximate surface area is 154 Å². The lowest BCUT2D eigenvalue weighted by Gasteiger charge is -2.14. The molecular formula is C20H26N4S. The van der Waals surface area contributed by atoms with Gasteiger partial charge in [0.05, 0.1) is 12.2 Å². The van der Waals surface area contributed by atoms with E-state index in [-0.39, 0.29) is 0 Å². The third-order valence-electron chi connectivity index (χ3n) is 4.17. The lowest BCUT2D eigenvalue weighted by atomic mass is 10.1. The average Bonchev–Trinajstić information content (AvgIpc) is 3.18. The third kappa shape index (κ3) is 5.49. The van der Waals surface area contributed by atoms with E-state index in [9.17, 15) is 0 Å². The number of benzene rings is 1. The highest BCUT2D eigenvalue weighted by atomic mass is 32.2. The van der Waals surface area contributed by atoms with Gasteiger partial charge in [0.1, 0.15) is 0 Å². The molecule has 1 aliphatic heterocycles. The highest BCUT2D eigenvalue weighted by molar-refractivity contribution is 8.00. The van der Waals surface area contributed by atoms with Crippen molar-refractivity contribution in [2.45, 2.75) is 31.6 Å². The normalized spacial score (nSPS) is 17.5. The molecule has 1 atom stereocenters. The molecule has 1 saturated heterocycles. The van der Waals surface area contributed by atoms with E-state index in [2.05, 4.69) is 58.6 Å². The SMILES string of the molecule is CCNC(=NCc1cccc(-c2ccccn2)c1)NCC1CCCS1. The summed E-state index contributed by atoms with van der Waals surface area (Å²) in [6.07, 6.45) is 4.47. The van der Waals surface area contributed by atoms with Gasteiger partial charge in [0, 0.05) is 30.1 Å². The predicted octanol–water partition coefficient (Wildman–Crippen LogP) is 3.70. The number of thioether (sulfide) groups is 1. The molecule has 132 valence electrons. The molecule has 5 heteroatoms. The van der Waals surface area contributed by atoms with E-state index in [0.29, 0.717) is 6.54 Å². The van der Waals surface area contributed by atoms with Gasteiger partial charge in [0.25, 0.3) is 0 Å². The van der Waals surface area contributed by atoms with Gasteiger partial charge >= 0.3 is 0 Å². The molecule has 2 N–H and O–H groups in total. The highest BCUT2D eigenvalue weighted by Crippen LogP contribution is 2.25. The summed E-state index contributed by atoms with van der Waals surface area (Å²) in [6.45, 7) is 4.62. The maximum Gasteiger partial charge on any atom is 0.191 e. The van der Waals surface area contributed by atoms with Gasteiger partial charge in [-0.25, -0.2) is 4.99 Å². The van der Waals surface area contributed by atoms with Crippen molar-refractivity contribution < 1.29 is 0 Å². The predicted molar refractivity (Wildman–Crippen MR) is 108 cm³/mol. The zero-order valence-corrected chi connectivity index (χ0v) is 15.6. The maximum absolute atomic E-state index is 4.74. The van der Waals surface area contributed by atoms with Crippen molar-refractivity contribution >= 4 is 17.7 Å². The van der Waals surface area contributed by atoms with Gasteiger partial charge in [0.15, 0.2) is 5.96 Å². The summed E-state index contributed by atoms with van der Waals surface area (Å²) in [5.41, 5.74) is 3.32. The van der Waals surface area contributed by atoms with E-state index in [1.807, 2.05) is 24.4 Å². The summed E-state index contributed by atoms with van der Waals surface area (Å²) in [5.74, 6) is 2.19. The van der Waals surface area contributed by atoms with E-state index >= 15 is 0 Å². The zero-order chi connectivity index (χ0) is 17.3. The largest absolute Gasteiger partial charge is 0.357 e. The molecule has 25 heavy (non-hydrogen) atoms. The summed E-state index contributed by atoms with van der Waals surface area (Å²) >= 11 is 2.06. The van der Waals surface area contributed by atoms with Crippen LogP contribution in [0.5, 0.6) is 0 Å². The molecule has 4 nitrogen and oxygen atoms in total. The molecule has 0 bridgehead atoms. The second kappa shape index (κ2) is 9.47. The molecule has 2 heterocycles. The van der Waals surface area contributed by atoms with Gasteiger partial charge < -0.3 is 10.6 Å². The lowest BCUT2D eigenvalue weighted by Crippen LogP contribution is -2.40. The number of aromatic nitrogens is 1. The van der Waals surface area contributed by atoms with Crippen LogP contribution in [0.4, 0.5) is 0 Å². The molecule has 3 rings (SSSR count). The molecular weight excluding hydrogens is 328 g/mol. The third-order valence-corrected chi connectivity index (χ3v) is 5.57. The Hall–Kier alpha value is -2.01. The smallest absolute Gasteiger partial charge is 0.191 e. The van der Waals surface area contributed by atoms with Crippen molar-refractivity contribution in [1.82, 2.24) is 15.6 Å². The summed E-state index contributed by atoms with van der Waals surface area (Å²) in [7, 11) is 0. The number of rotatable bonds is 6. The first kappa shape index (κ1) is 17.8. The Morgan fingerprint density at radius 1 is 1.24 bits per heavy atom. The van der Waals surface area contributed by atoms with Crippen LogP contribution in [-0.2, 0) is 6.54 Å². The van der Waals surface area contributed by atoms with E-state index in [4.69, 9.17) is 4.99 Å².